The summed E-state index contributed by atoms with van der Waals surface area (Å²) in [7, 11) is 3.13. The molecule has 0 saturated carbocycles. The maximum Gasteiger partial charge on any atom is 0.261 e. The maximum atomic E-state index is 13.7. The first-order valence-corrected chi connectivity index (χ1v) is 11.0. The molecule has 2 aromatic heterocycles. The highest BCUT2D eigenvalue weighted by Crippen LogP contribution is 2.30. The van der Waals surface area contributed by atoms with Crippen molar-refractivity contribution in [2.75, 3.05) is 40.5 Å². The monoisotopic (exact) mass is 446 g/mol. The van der Waals surface area contributed by atoms with Gasteiger partial charge in [0.2, 0.25) is 0 Å². The van der Waals surface area contributed by atoms with E-state index in [1.165, 1.54) is 0 Å². The van der Waals surface area contributed by atoms with Crippen LogP contribution in [0.1, 0.15) is 11.5 Å². The molecule has 0 amide bonds. The lowest BCUT2D eigenvalue weighted by atomic mass is 10.2. The molecular formula is C25H26N4O4. The van der Waals surface area contributed by atoms with Gasteiger partial charge in [-0.1, -0.05) is 24.3 Å². The summed E-state index contributed by atoms with van der Waals surface area (Å²) < 4.78 is 18.1. The molecule has 3 heterocycles. The van der Waals surface area contributed by atoms with Gasteiger partial charge >= 0.3 is 0 Å². The normalized spacial score (nSPS) is 14.6. The number of rotatable bonds is 6. The van der Waals surface area contributed by atoms with Crippen molar-refractivity contribution in [2.45, 2.75) is 13.1 Å². The summed E-state index contributed by atoms with van der Waals surface area (Å²) in [6, 6.07) is 15.4. The van der Waals surface area contributed by atoms with Gasteiger partial charge < -0.3 is 14.2 Å². The number of para-hydroxylation sites is 1. The van der Waals surface area contributed by atoms with Crippen LogP contribution in [0.2, 0.25) is 0 Å². The van der Waals surface area contributed by atoms with Crippen molar-refractivity contribution >= 4 is 21.8 Å². The molecule has 8 heteroatoms. The number of ether oxygens (including phenoxy) is 3. The van der Waals surface area contributed by atoms with Crippen LogP contribution in [0.5, 0.6) is 11.5 Å². The first-order chi connectivity index (χ1) is 16.2. The van der Waals surface area contributed by atoms with Gasteiger partial charge in [0.1, 0.15) is 5.82 Å². The van der Waals surface area contributed by atoms with Gasteiger partial charge in [-0.2, -0.15) is 0 Å². The number of aromatic nitrogens is 3. The molecule has 0 N–H and O–H groups in total. The van der Waals surface area contributed by atoms with E-state index in [-0.39, 0.29) is 5.56 Å². The molecule has 1 fully saturated rings. The van der Waals surface area contributed by atoms with Gasteiger partial charge in [-0.3, -0.25) is 19.2 Å². The minimum absolute atomic E-state index is 0.126. The lowest BCUT2D eigenvalue weighted by Crippen LogP contribution is -2.38. The van der Waals surface area contributed by atoms with Crippen molar-refractivity contribution in [1.29, 1.82) is 0 Å². The molecule has 8 nitrogen and oxygen atoms in total. The van der Waals surface area contributed by atoms with E-state index < -0.39 is 0 Å². The van der Waals surface area contributed by atoms with Crippen molar-refractivity contribution in [3.05, 3.63) is 70.4 Å². The lowest BCUT2D eigenvalue weighted by Gasteiger charge is -2.27. The molecule has 0 spiro atoms. The number of hydrogen-bond donors (Lipinski definition) is 0. The summed E-state index contributed by atoms with van der Waals surface area (Å²) in [5, 5.41) is 1.55. The first kappa shape index (κ1) is 21.4. The molecular weight excluding hydrogens is 420 g/mol. The summed E-state index contributed by atoms with van der Waals surface area (Å²) in [5.41, 5.74) is 2.17. The molecule has 1 aliphatic rings. The van der Waals surface area contributed by atoms with Gasteiger partial charge in [0.25, 0.3) is 5.56 Å². The predicted molar refractivity (Wildman–Crippen MR) is 126 cm³/mol. The Balaban J connectivity index is 1.63. The molecule has 0 aliphatic carbocycles. The molecule has 170 valence electrons. The fraction of sp³-hybridized carbons (Fsp3) is 0.320. The molecule has 2 aromatic carbocycles. The number of nitrogens with zero attached hydrogens (tertiary/aromatic N) is 4. The van der Waals surface area contributed by atoms with Gasteiger partial charge in [-0.15, -0.1) is 0 Å². The minimum Gasteiger partial charge on any atom is -0.493 e. The molecule has 33 heavy (non-hydrogen) atoms. The smallest absolute Gasteiger partial charge is 0.261 e. The molecule has 0 bridgehead atoms. The largest absolute Gasteiger partial charge is 0.493 e. The Hall–Kier alpha value is -3.49. The summed E-state index contributed by atoms with van der Waals surface area (Å²) in [4.78, 5) is 25.6. The standard InChI is InChI=1S/C25H26N4O4/c1-31-22-13-19-21(14-23(22)32-2)27-24(16-28-9-11-33-12-10-28)29(25(19)30)15-18-8-7-17-5-3-4-6-20(17)26-18/h3-8,13-14H,9-12,15-16H2,1-2H3. The van der Waals surface area contributed by atoms with Crippen molar-refractivity contribution < 1.29 is 14.2 Å². The van der Waals surface area contributed by atoms with Gasteiger partial charge in [0.05, 0.1) is 62.6 Å². The number of fused-ring (bicyclic) bond motifs is 2. The Morgan fingerprint density at radius 1 is 0.909 bits per heavy atom. The third-order valence-corrected chi connectivity index (χ3v) is 5.98. The van der Waals surface area contributed by atoms with Gasteiger partial charge in [-0.25, -0.2) is 4.98 Å². The van der Waals surface area contributed by atoms with Crippen molar-refractivity contribution in [1.82, 2.24) is 19.4 Å². The average molecular weight is 447 g/mol. The van der Waals surface area contributed by atoms with Crippen LogP contribution in [0.25, 0.3) is 21.8 Å². The number of hydrogen-bond acceptors (Lipinski definition) is 7. The Morgan fingerprint density at radius 3 is 2.45 bits per heavy atom. The van der Waals surface area contributed by atoms with Crippen molar-refractivity contribution in [3.63, 3.8) is 0 Å². The summed E-state index contributed by atoms with van der Waals surface area (Å²) in [6.07, 6.45) is 0. The fourth-order valence-corrected chi connectivity index (χ4v) is 4.20. The molecule has 0 radical (unpaired) electrons. The maximum absolute atomic E-state index is 13.7. The van der Waals surface area contributed by atoms with Crippen LogP contribution >= 0.6 is 0 Å². The highest BCUT2D eigenvalue weighted by atomic mass is 16.5. The van der Waals surface area contributed by atoms with E-state index >= 15 is 0 Å². The number of morpholine rings is 1. The second-order valence-corrected chi connectivity index (χ2v) is 8.03. The van der Waals surface area contributed by atoms with Crippen LogP contribution in [0.15, 0.2) is 53.3 Å². The zero-order valence-electron chi connectivity index (χ0n) is 18.8. The third kappa shape index (κ3) is 4.27. The topological polar surface area (TPSA) is 78.7 Å². The lowest BCUT2D eigenvalue weighted by molar-refractivity contribution is 0.0325. The molecule has 1 aliphatic heterocycles. The molecule has 4 aromatic rings. The van der Waals surface area contributed by atoms with Crippen LogP contribution in [0.3, 0.4) is 0 Å². The predicted octanol–water partition coefficient (Wildman–Crippen LogP) is 2.84. The summed E-state index contributed by atoms with van der Waals surface area (Å²) in [6.45, 7) is 3.84. The second kappa shape index (κ2) is 9.17. The molecule has 1 saturated heterocycles. The van der Waals surface area contributed by atoms with Crippen LogP contribution in [0.4, 0.5) is 0 Å². The zero-order chi connectivity index (χ0) is 22.8. The third-order valence-electron chi connectivity index (χ3n) is 5.98. The Labute approximate surface area is 191 Å². The Bertz CT molecular complexity index is 1360. The number of methoxy groups -OCH3 is 2. The van der Waals surface area contributed by atoms with E-state index in [0.29, 0.717) is 54.5 Å². The van der Waals surface area contributed by atoms with E-state index in [1.807, 2.05) is 36.4 Å². The molecule has 0 atom stereocenters. The van der Waals surface area contributed by atoms with E-state index in [0.717, 1.165) is 29.7 Å². The van der Waals surface area contributed by atoms with Crippen molar-refractivity contribution in [2.24, 2.45) is 0 Å². The van der Waals surface area contributed by atoms with Crippen LogP contribution in [0, 0.1) is 0 Å². The minimum atomic E-state index is -0.126. The zero-order valence-corrected chi connectivity index (χ0v) is 18.8. The second-order valence-electron chi connectivity index (χ2n) is 8.03. The van der Waals surface area contributed by atoms with E-state index in [2.05, 4.69) is 4.90 Å². The number of pyridine rings is 1. The Morgan fingerprint density at radius 2 is 1.67 bits per heavy atom. The molecule has 0 unspecified atom stereocenters. The highest BCUT2D eigenvalue weighted by Gasteiger charge is 2.19. The highest BCUT2D eigenvalue weighted by molar-refractivity contribution is 5.82. The summed E-state index contributed by atoms with van der Waals surface area (Å²) in [5.74, 6) is 1.74. The van der Waals surface area contributed by atoms with Gasteiger partial charge in [-0.05, 0) is 18.2 Å². The molecule has 5 rings (SSSR count). The van der Waals surface area contributed by atoms with E-state index in [4.69, 9.17) is 24.2 Å². The van der Waals surface area contributed by atoms with Crippen molar-refractivity contribution in [3.8, 4) is 11.5 Å². The fourth-order valence-electron chi connectivity index (χ4n) is 4.20. The van der Waals surface area contributed by atoms with E-state index in [9.17, 15) is 4.79 Å². The number of benzene rings is 2. The van der Waals surface area contributed by atoms with Crippen LogP contribution < -0.4 is 15.0 Å². The van der Waals surface area contributed by atoms with E-state index in [1.54, 1.807) is 30.9 Å². The summed E-state index contributed by atoms with van der Waals surface area (Å²) >= 11 is 0. The van der Waals surface area contributed by atoms with Crippen LogP contribution in [-0.2, 0) is 17.8 Å². The van der Waals surface area contributed by atoms with Gasteiger partial charge in [0.15, 0.2) is 11.5 Å². The van der Waals surface area contributed by atoms with Crippen LogP contribution in [-0.4, -0.2) is 60.0 Å². The first-order valence-electron chi connectivity index (χ1n) is 11.0. The average Bonchev–Trinajstić information content (AvgIpc) is 2.86. The quantitative estimate of drug-likeness (QED) is 0.451. The Kier molecular flexibility index (Phi) is 5.93. The SMILES string of the molecule is COc1cc2nc(CN3CCOCC3)n(Cc3ccc4ccccc4n3)c(=O)c2cc1OC. The van der Waals surface area contributed by atoms with Gasteiger partial charge in [0, 0.05) is 24.5 Å².